The molecule has 1 fully saturated rings. The van der Waals surface area contributed by atoms with Gasteiger partial charge in [-0.15, -0.1) is 6.42 Å². The quantitative estimate of drug-likeness (QED) is 0.435. The Morgan fingerprint density at radius 3 is 2.42 bits per heavy atom. The van der Waals surface area contributed by atoms with Gasteiger partial charge in [0.1, 0.15) is 17.9 Å². The zero-order chi connectivity index (χ0) is 22.8. The van der Waals surface area contributed by atoms with E-state index in [1.807, 2.05) is 5.32 Å². The molecule has 0 atom stereocenters. The van der Waals surface area contributed by atoms with Gasteiger partial charge in [0, 0.05) is 0 Å². The minimum atomic E-state index is -4.73. The molecule has 0 spiro atoms. The summed E-state index contributed by atoms with van der Waals surface area (Å²) < 4.78 is 44.4. The van der Waals surface area contributed by atoms with Crippen LogP contribution in [0.2, 0.25) is 5.02 Å². The first-order valence-electron chi connectivity index (χ1n) is 8.56. The third-order valence-corrected chi connectivity index (χ3v) is 4.45. The predicted molar refractivity (Wildman–Crippen MR) is 106 cm³/mol. The van der Waals surface area contributed by atoms with Gasteiger partial charge in [-0.2, -0.15) is 13.2 Å². The molecule has 31 heavy (non-hydrogen) atoms. The van der Waals surface area contributed by atoms with Crippen molar-refractivity contribution in [3.8, 4) is 18.1 Å². The number of halogens is 4. The molecule has 0 aromatic heterocycles. The van der Waals surface area contributed by atoms with E-state index >= 15 is 0 Å². The van der Waals surface area contributed by atoms with Crippen LogP contribution < -0.4 is 15.0 Å². The summed E-state index contributed by atoms with van der Waals surface area (Å²) in [4.78, 5) is 37.7. The number of carbonyl (C=O) groups excluding carboxylic acids is 3. The average Bonchev–Trinajstić information content (AvgIpc) is 2.70. The fourth-order valence-corrected chi connectivity index (χ4v) is 2.89. The van der Waals surface area contributed by atoms with Gasteiger partial charge in [0.25, 0.3) is 11.8 Å². The number of alkyl halides is 3. The van der Waals surface area contributed by atoms with Crippen LogP contribution >= 0.6 is 11.6 Å². The molecule has 1 aliphatic rings. The van der Waals surface area contributed by atoms with E-state index in [1.54, 1.807) is 12.1 Å². The fraction of sp³-hybridized carbons (Fsp3) is 0.0952. The smallest absolute Gasteiger partial charge is 0.416 e. The van der Waals surface area contributed by atoms with E-state index in [2.05, 4.69) is 5.92 Å². The molecule has 1 N–H and O–H groups in total. The van der Waals surface area contributed by atoms with Gasteiger partial charge in [-0.05, 0) is 42.0 Å². The maximum absolute atomic E-state index is 13.1. The summed E-state index contributed by atoms with van der Waals surface area (Å²) >= 11 is 5.94. The van der Waals surface area contributed by atoms with Crippen molar-refractivity contribution >= 4 is 41.2 Å². The van der Waals surface area contributed by atoms with E-state index in [0.29, 0.717) is 28.3 Å². The molecule has 0 saturated carbocycles. The van der Waals surface area contributed by atoms with Crippen molar-refractivity contribution < 1.29 is 32.3 Å². The number of hydrogen-bond donors (Lipinski definition) is 1. The summed E-state index contributed by atoms with van der Waals surface area (Å²) in [5, 5.41) is 1.65. The number of terminal acetylenes is 1. The normalized spacial score (nSPS) is 15.6. The van der Waals surface area contributed by atoms with Crippen LogP contribution in [0.3, 0.4) is 0 Å². The molecule has 4 amide bonds. The van der Waals surface area contributed by atoms with E-state index in [1.165, 1.54) is 18.2 Å². The molecule has 158 valence electrons. The van der Waals surface area contributed by atoms with E-state index < -0.39 is 40.8 Å². The second-order valence-corrected chi connectivity index (χ2v) is 6.59. The number of imide groups is 2. The third-order valence-electron chi connectivity index (χ3n) is 4.13. The first-order valence-corrected chi connectivity index (χ1v) is 8.94. The Labute approximate surface area is 179 Å². The second kappa shape index (κ2) is 8.53. The predicted octanol–water partition coefficient (Wildman–Crippen LogP) is 4.04. The monoisotopic (exact) mass is 448 g/mol. The lowest BCUT2D eigenvalue weighted by atomic mass is 10.1. The molecule has 0 bridgehead atoms. The van der Waals surface area contributed by atoms with Crippen LogP contribution in [0, 0.1) is 12.3 Å². The van der Waals surface area contributed by atoms with Crippen molar-refractivity contribution in [1.82, 2.24) is 5.32 Å². The van der Waals surface area contributed by atoms with Gasteiger partial charge in [0.05, 0.1) is 16.3 Å². The van der Waals surface area contributed by atoms with Crippen molar-refractivity contribution in [3.63, 3.8) is 0 Å². The van der Waals surface area contributed by atoms with Crippen molar-refractivity contribution in [2.75, 3.05) is 11.5 Å². The lowest BCUT2D eigenvalue weighted by Gasteiger charge is -2.27. The number of nitrogens with zero attached hydrogens (tertiary/aromatic N) is 1. The number of rotatable bonds is 4. The van der Waals surface area contributed by atoms with E-state index in [-0.39, 0.29) is 11.6 Å². The van der Waals surface area contributed by atoms with E-state index in [4.69, 9.17) is 22.8 Å². The van der Waals surface area contributed by atoms with E-state index in [9.17, 15) is 27.6 Å². The molecule has 2 aromatic carbocycles. The zero-order valence-electron chi connectivity index (χ0n) is 15.5. The molecular formula is C21H12ClF3N2O4. The zero-order valence-corrected chi connectivity index (χ0v) is 16.3. The van der Waals surface area contributed by atoms with Crippen LogP contribution in [0.25, 0.3) is 6.08 Å². The maximum Gasteiger partial charge on any atom is 0.416 e. The minimum Gasteiger partial charge on any atom is -0.481 e. The molecule has 0 radical (unpaired) electrons. The number of barbiturate groups is 1. The average molecular weight is 449 g/mol. The highest BCUT2D eigenvalue weighted by molar-refractivity contribution is 6.42. The topological polar surface area (TPSA) is 75.7 Å². The molecule has 2 aromatic rings. The standard InChI is InChI=1S/C21H12ClF3N2O4/c1-2-9-31-14-6-3-12(4-7-14)10-15-18(28)26-20(30)27(19(15)29)17-11-13(21(23,24)25)5-8-16(17)22/h1,3-8,10-11H,9H2,(H,26,28,30)/b15-10-. The number of carbonyl (C=O) groups is 3. The third kappa shape index (κ3) is 4.70. The Hall–Kier alpha value is -3.77. The maximum atomic E-state index is 13.1. The molecule has 0 unspecified atom stereocenters. The summed E-state index contributed by atoms with van der Waals surface area (Å²) in [6.07, 6.45) is 1.56. The summed E-state index contributed by atoms with van der Waals surface area (Å²) in [5.41, 5.74) is -1.69. The number of amides is 4. The highest BCUT2D eigenvalue weighted by Gasteiger charge is 2.39. The van der Waals surface area contributed by atoms with Gasteiger partial charge < -0.3 is 4.74 Å². The van der Waals surface area contributed by atoms with Crippen molar-refractivity contribution in [1.29, 1.82) is 0 Å². The SMILES string of the molecule is C#CCOc1ccc(/C=C2/C(=O)NC(=O)N(c3cc(C(F)(F)F)ccc3Cl)C2=O)cc1. The molecule has 1 aliphatic heterocycles. The van der Waals surface area contributed by atoms with Gasteiger partial charge >= 0.3 is 12.2 Å². The number of ether oxygens (including phenoxy) is 1. The molecule has 6 nitrogen and oxygen atoms in total. The van der Waals surface area contributed by atoms with Crippen LogP contribution in [0.4, 0.5) is 23.7 Å². The molecule has 1 heterocycles. The van der Waals surface area contributed by atoms with Crippen molar-refractivity contribution in [2.24, 2.45) is 0 Å². The van der Waals surface area contributed by atoms with E-state index in [0.717, 1.165) is 6.07 Å². The largest absolute Gasteiger partial charge is 0.481 e. The Morgan fingerprint density at radius 2 is 1.81 bits per heavy atom. The fourth-order valence-electron chi connectivity index (χ4n) is 2.69. The Bertz CT molecular complexity index is 1130. The van der Waals surface area contributed by atoms with Gasteiger partial charge in [-0.25, -0.2) is 9.69 Å². The molecule has 0 aliphatic carbocycles. The molecular weight excluding hydrogens is 437 g/mol. The first-order chi connectivity index (χ1) is 14.6. The van der Waals surface area contributed by atoms with Gasteiger partial charge in [-0.1, -0.05) is 29.7 Å². The lowest BCUT2D eigenvalue weighted by molar-refractivity contribution is -0.137. The Kier molecular flexibility index (Phi) is 6.04. The second-order valence-electron chi connectivity index (χ2n) is 6.18. The summed E-state index contributed by atoms with van der Waals surface area (Å²) in [5.74, 6) is 0.630. The lowest BCUT2D eigenvalue weighted by Crippen LogP contribution is -2.54. The van der Waals surface area contributed by atoms with Gasteiger partial charge in [0.15, 0.2) is 0 Å². The molecule has 1 saturated heterocycles. The summed E-state index contributed by atoms with van der Waals surface area (Å²) in [6.45, 7) is 0.0517. The summed E-state index contributed by atoms with van der Waals surface area (Å²) in [6, 6.07) is 7.10. The number of nitrogens with one attached hydrogen (secondary N) is 1. The number of anilines is 1. The highest BCUT2D eigenvalue weighted by Crippen LogP contribution is 2.36. The molecule has 3 rings (SSSR count). The number of hydrogen-bond acceptors (Lipinski definition) is 4. The van der Waals surface area contributed by atoms with Crippen LogP contribution in [0.5, 0.6) is 5.75 Å². The van der Waals surface area contributed by atoms with Crippen LogP contribution in [0.15, 0.2) is 48.0 Å². The highest BCUT2D eigenvalue weighted by atomic mass is 35.5. The number of urea groups is 1. The van der Waals surface area contributed by atoms with Crippen molar-refractivity contribution in [3.05, 3.63) is 64.2 Å². The van der Waals surface area contributed by atoms with Crippen molar-refractivity contribution in [2.45, 2.75) is 6.18 Å². The van der Waals surface area contributed by atoms with Crippen LogP contribution in [0.1, 0.15) is 11.1 Å². The number of benzene rings is 2. The van der Waals surface area contributed by atoms with Gasteiger partial charge in [0.2, 0.25) is 0 Å². The van der Waals surface area contributed by atoms with Crippen LogP contribution in [-0.2, 0) is 15.8 Å². The minimum absolute atomic E-state index is 0.0517. The Balaban J connectivity index is 1.98. The van der Waals surface area contributed by atoms with Gasteiger partial charge in [-0.3, -0.25) is 14.9 Å². The summed E-state index contributed by atoms with van der Waals surface area (Å²) in [7, 11) is 0. The van der Waals surface area contributed by atoms with Crippen LogP contribution in [-0.4, -0.2) is 24.5 Å². The first kappa shape index (κ1) is 21.9. The molecule has 10 heteroatoms. The Morgan fingerprint density at radius 1 is 1.13 bits per heavy atom.